The summed E-state index contributed by atoms with van der Waals surface area (Å²) in [6.45, 7) is 1.01. The average Bonchev–Trinajstić information content (AvgIpc) is 3.03. The lowest BCUT2D eigenvalue weighted by atomic mass is 10.1. The van der Waals surface area contributed by atoms with Crippen LogP contribution in [-0.4, -0.2) is 44.7 Å². The van der Waals surface area contributed by atoms with Crippen molar-refractivity contribution in [2.24, 2.45) is 0 Å². The van der Waals surface area contributed by atoms with Gasteiger partial charge in [-0.1, -0.05) is 25.0 Å². The van der Waals surface area contributed by atoms with Crippen molar-refractivity contribution in [3.63, 3.8) is 0 Å². The lowest BCUT2D eigenvalue weighted by Crippen LogP contribution is -2.32. The van der Waals surface area contributed by atoms with E-state index in [1.807, 2.05) is 0 Å². The van der Waals surface area contributed by atoms with Gasteiger partial charge >= 0.3 is 0 Å². The van der Waals surface area contributed by atoms with E-state index in [-0.39, 0.29) is 16.4 Å². The molecule has 0 radical (unpaired) electrons. The first-order valence-electron chi connectivity index (χ1n) is 9.65. The first-order valence-corrected chi connectivity index (χ1v) is 11.1. The van der Waals surface area contributed by atoms with Crippen LogP contribution in [-0.2, 0) is 10.0 Å². The van der Waals surface area contributed by atoms with Crippen LogP contribution in [0.4, 0.5) is 5.69 Å². The Morgan fingerprint density at radius 1 is 0.862 bits per heavy atom. The van der Waals surface area contributed by atoms with Gasteiger partial charge in [-0.2, -0.15) is 4.31 Å². The van der Waals surface area contributed by atoms with Crippen molar-refractivity contribution in [1.82, 2.24) is 9.62 Å². The molecule has 0 unspecified atom stereocenters. The van der Waals surface area contributed by atoms with Gasteiger partial charge in [-0.15, -0.1) is 0 Å². The second-order valence-electron chi connectivity index (χ2n) is 6.96. The Morgan fingerprint density at radius 3 is 2.14 bits per heavy atom. The molecule has 2 aromatic carbocycles. The summed E-state index contributed by atoms with van der Waals surface area (Å²) in [5.74, 6) is -0.696. The van der Waals surface area contributed by atoms with E-state index < -0.39 is 15.9 Å². The zero-order chi connectivity index (χ0) is 20.9. The van der Waals surface area contributed by atoms with Crippen molar-refractivity contribution in [3.05, 3.63) is 59.7 Å². The van der Waals surface area contributed by atoms with Crippen LogP contribution in [0.15, 0.2) is 53.4 Å². The minimum absolute atomic E-state index is 0.117. The number of sulfonamides is 1. The van der Waals surface area contributed by atoms with E-state index in [9.17, 15) is 18.0 Å². The number of hydrogen-bond acceptors (Lipinski definition) is 4. The van der Waals surface area contributed by atoms with Crippen molar-refractivity contribution in [1.29, 1.82) is 0 Å². The highest BCUT2D eigenvalue weighted by Gasteiger charge is 2.25. The van der Waals surface area contributed by atoms with Crippen LogP contribution in [0.3, 0.4) is 0 Å². The molecule has 2 aromatic rings. The van der Waals surface area contributed by atoms with E-state index >= 15 is 0 Å². The lowest BCUT2D eigenvalue weighted by Gasteiger charge is -2.20. The Kier molecular flexibility index (Phi) is 6.66. The van der Waals surface area contributed by atoms with Gasteiger partial charge in [0, 0.05) is 37.0 Å². The third kappa shape index (κ3) is 5.02. The van der Waals surface area contributed by atoms with Crippen LogP contribution in [0.25, 0.3) is 0 Å². The molecule has 1 saturated heterocycles. The second kappa shape index (κ2) is 9.19. The Bertz CT molecular complexity index is 996. The Hall–Kier alpha value is -2.71. The zero-order valence-corrected chi connectivity index (χ0v) is 17.2. The maximum atomic E-state index is 13.0. The predicted octanol–water partition coefficient (Wildman–Crippen LogP) is 2.86. The van der Waals surface area contributed by atoms with E-state index in [2.05, 4.69) is 10.6 Å². The summed E-state index contributed by atoms with van der Waals surface area (Å²) in [5, 5.41) is 5.25. The highest BCUT2D eigenvalue weighted by Crippen LogP contribution is 2.22. The molecule has 3 rings (SSSR count). The molecule has 7 nitrogen and oxygen atoms in total. The summed E-state index contributed by atoms with van der Waals surface area (Å²) in [5.41, 5.74) is 1.12. The number of benzene rings is 2. The molecule has 1 aliphatic rings. The minimum atomic E-state index is -3.64. The van der Waals surface area contributed by atoms with E-state index in [4.69, 9.17) is 0 Å². The quantitative estimate of drug-likeness (QED) is 0.785. The fraction of sp³-hybridized carbons (Fsp3) is 0.333. The van der Waals surface area contributed by atoms with Crippen LogP contribution in [0, 0.1) is 0 Å². The van der Waals surface area contributed by atoms with Crippen molar-refractivity contribution in [3.8, 4) is 0 Å². The molecule has 0 aliphatic carbocycles. The van der Waals surface area contributed by atoms with E-state index in [0.29, 0.717) is 24.3 Å². The summed E-state index contributed by atoms with van der Waals surface area (Å²) in [6.07, 6.45) is 3.76. The van der Waals surface area contributed by atoms with Crippen molar-refractivity contribution >= 4 is 27.5 Å². The summed E-state index contributed by atoms with van der Waals surface area (Å²) in [7, 11) is -2.10. The molecule has 2 N–H and O–H groups in total. The topological polar surface area (TPSA) is 95.6 Å². The molecule has 2 amide bonds. The fourth-order valence-corrected chi connectivity index (χ4v) is 4.88. The summed E-state index contributed by atoms with van der Waals surface area (Å²) < 4.78 is 27.5. The van der Waals surface area contributed by atoms with Gasteiger partial charge in [0.05, 0.1) is 4.90 Å². The van der Waals surface area contributed by atoms with Gasteiger partial charge in [0.15, 0.2) is 0 Å². The molecule has 0 saturated carbocycles. The monoisotopic (exact) mass is 415 g/mol. The van der Waals surface area contributed by atoms with E-state index in [1.165, 1.54) is 23.5 Å². The zero-order valence-electron chi connectivity index (χ0n) is 16.3. The summed E-state index contributed by atoms with van der Waals surface area (Å²) in [6, 6.07) is 12.6. The minimum Gasteiger partial charge on any atom is -0.355 e. The summed E-state index contributed by atoms with van der Waals surface area (Å²) >= 11 is 0. The molecule has 0 spiro atoms. The SMILES string of the molecule is CNC(=O)c1cccc(NC(=O)c2cccc(S(=O)(=O)N3CCCCCC3)c2)c1. The number of carbonyl (C=O) groups excluding carboxylic acids is 2. The van der Waals surface area contributed by atoms with E-state index in [0.717, 1.165) is 25.7 Å². The Balaban J connectivity index is 1.80. The molecule has 0 atom stereocenters. The molecule has 1 heterocycles. The van der Waals surface area contributed by atoms with Gasteiger partial charge in [0.2, 0.25) is 10.0 Å². The van der Waals surface area contributed by atoms with Gasteiger partial charge in [-0.05, 0) is 49.2 Å². The predicted molar refractivity (Wildman–Crippen MR) is 111 cm³/mol. The van der Waals surface area contributed by atoms with Crippen molar-refractivity contribution in [2.75, 3.05) is 25.5 Å². The number of nitrogens with one attached hydrogen (secondary N) is 2. The highest BCUT2D eigenvalue weighted by atomic mass is 32.2. The van der Waals surface area contributed by atoms with Gasteiger partial charge in [-0.25, -0.2) is 8.42 Å². The fourth-order valence-electron chi connectivity index (χ4n) is 3.31. The smallest absolute Gasteiger partial charge is 0.255 e. The van der Waals surface area contributed by atoms with Crippen molar-refractivity contribution < 1.29 is 18.0 Å². The average molecular weight is 416 g/mol. The molecule has 1 aliphatic heterocycles. The van der Waals surface area contributed by atoms with Gasteiger partial charge in [0.25, 0.3) is 11.8 Å². The maximum absolute atomic E-state index is 13.0. The van der Waals surface area contributed by atoms with Gasteiger partial charge in [-0.3, -0.25) is 9.59 Å². The molecular formula is C21H25N3O4S. The normalized spacial score (nSPS) is 15.3. The molecule has 0 bridgehead atoms. The number of carbonyl (C=O) groups is 2. The Morgan fingerprint density at radius 2 is 1.48 bits per heavy atom. The largest absolute Gasteiger partial charge is 0.355 e. The second-order valence-corrected chi connectivity index (χ2v) is 8.90. The molecule has 1 fully saturated rings. The third-order valence-electron chi connectivity index (χ3n) is 4.91. The number of amides is 2. The molecule has 154 valence electrons. The number of nitrogens with zero attached hydrogens (tertiary/aromatic N) is 1. The summed E-state index contributed by atoms with van der Waals surface area (Å²) in [4.78, 5) is 24.5. The van der Waals surface area contributed by atoms with Crippen LogP contribution in [0.5, 0.6) is 0 Å². The van der Waals surface area contributed by atoms with Crippen LogP contribution >= 0.6 is 0 Å². The van der Waals surface area contributed by atoms with Crippen molar-refractivity contribution in [2.45, 2.75) is 30.6 Å². The molecule has 8 heteroatoms. The number of hydrogen-bond donors (Lipinski definition) is 2. The Labute approximate surface area is 171 Å². The van der Waals surface area contributed by atoms with Gasteiger partial charge < -0.3 is 10.6 Å². The number of anilines is 1. The molecule has 29 heavy (non-hydrogen) atoms. The van der Waals surface area contributed by atoms with E-state index in [1.54, 1.807) is 36.4 Å². The first kappa shape index (κ1) is 21.0. The number of rotatable bonds is 5. The molecule has 0 aromatic heterocycles. The lowest BCUT2D eigenvalue weighted by molar-refractivity contribution is 0.0961. The standard InChI is InChI=1S/C21H25N3O4S/c1-22-20(25)16-8-6-10-18(14-16)23-21(26)17-9-7-11-19(15-17)29(27,28)24-12-4-2-3-5-13-24/h6-11,14-15H,2-5,12-13H2,1H3,(H,22,25)(H,23,26). The first-order chi connectivity index (χ1) is 13.9. The van der Waals surface area contributed by atoms with Crippen LogP contribution in [0.1, 0.15) is 46.4 Å². The van der Waals surface area contributed by atoms with Gasteiger partial charge in [0.1, 0.15) is 0 Å². The maximum Gasteiger partial charge on any atom is 0.255 e. The van der Waals surface area contributed by atoms with Crippen LogP contribution in [0.2, 0.25) is 0 Å². The van der Waals surface area contributed by atoms with Crippen LogP contribution < -0.4 is 10.6 Å². The molecular weight excluding hydrogens is 390 g/mol. The highest BCUT2D eigenvalue weighted by molar-refractivity contribution is 7.89. The third-order valence-corrected chi connectivity index (χ3v) is 6.80.